The smallest absolute Gasteiger partial charge is 0.291 e. The number of aromatic nitrogens is 7. The number of carbonyl (C=O) groups is 1. The standard InChI is InChI=1S/C22H26N11O2/c1-14-8-10-31(11-18(14)30(2)21-17-7-9-24-20(17)25-12-26-21)22(34)19(32-13-27-28-29-32)15-3-5-16(6-4-15)33(23)35/h3-7,9,12-14,18-19H,8,10-11H2,1-2H3,(H2,23,35)(H,24,25,26)/q+1. The van der Waals surface area contributed by atoms with E-state index in [1.807, 2.05) is 24.2 Å². The Morgan fingerprint density at radius 1 is 1.26 bits per heavy atom. The number of likely N-dealkylation sites (N-methyl/N-ethyl adjacent to an activating group) is 1. The van der Waals surface area contributed by atoms with Gasteiger partial charge in [0.1, 0.15) is 24.1 Å². The molecule has 1 amide bonds. The third-order valence-corrected chi connectivity index (χ3v) is 6.72. The number of nitrogens with zero attached hydrogens (tertiary/aromatic N) is 9. The Morgan fingerprint density at radius 2 is 2.06 bits per heavy atom. The highest BCUT2D eigenvalue weighted by molar-refractivity contribution is 5.87. The maximum absolute atomic E-state index is 13.9. The average Bonchev–Trinajstić information content (AvgIpc) is 3.57. The molecule has 13 heteroatoms. The number of nitroso groups, excluding NO2 is 1. The molecule has 0 aliphatic carbocycles. The molecule has 180 valence electrons. The number of piperidine rings is 1. The summed E-state index contributed by atoms with van der Waals surface area (Å²) in [4.78, 5) is 41.5. The molecule has 1 aromatic carbocycles. The van der Waals surface area contributed by atoms with Gasteiger partial charge in [-0.2, -0.15) is 5.84 Å². The maximum atomic E-state index is 13.9. The number of likely N-dealkylation sites (tertiary alicyclic amines) is 1. The predicted molar refractivity (Wildman–Crippen MR) is 126 cm³/mol. The summed E-state index contributed by atoms with van der Waals surface area (Å²) in [6.07, 6.45) is 5.64. The lowest BCUT2D eigenvalue weighted by Gasteiger charge is -2.43. The largest absolute Gasteiger partial charge is 0.354 e. The highest BCUT2D eigenvalue weighted by atomic mass is 16.3. The first-order valence-corrected chi connectivity index (χ1v) is 11.3. The Kier molecular flexibility index (Phi) is 5.81. The number of nitrogens with one attached hydrogen (secondary N) is 1. The van der Waals surface area contributed by atoms with Crippen LogP contribution in [0.1, 0.15) is 24.9 Å². The first-order valence-electron chi connectivity index (χ1n) is 11.3. The zero-order chi connectivity index (χ0) is 24.5. The van der Waals surface area contributed by atoms with E-state index in [-0.39, 0.29) is 22.5 Å². The molecule has 4 aromatic rings. The highest BCUT2D eigenvalue weighted by Crippen LogP contribution is 2.30. The summed E-state index contributed by atoms with van der Waals surface area (Å²) in [7, 11) is 2.00. The Balaban J connectivity index is 1.43. The number of hydrazine groups is 1. The molecule has 0 spiro atoms. The lowest BCUT2D eigenvalue weighted by atomic mass is 9.91. The van der Waals surface area contributed by atoms with Crippen molar-refractivity contribution >= 4 is 28.4 Å². The van der Waals surface area contributed by atoms with Gasteiger partial charge in [0.15, 0.2) is 10.9 Å². The summed E-state index contributed by atoms with van der Waals surface area (Å²) >= 11 is 0. The fraction of sp³-hybridized carbons (Fsp3) is 0.364. The zero-order valence-electron chi connectivity index (χ0n) is 19.4. The van der Waals surface area contributed by atoms with Crippen molar-refractivity contribution in [3.63, 3.8) is 0 Å². The van der Waals surface area contributed by atoms with Gasteiger partial charge in [-0.15, -0.1) is 5.10 Å². The monoisotopic (exact) mass is 476 g/mol. The molecular weight excluding hydrogens is 450 g/mol. The van der Waals surface area contributed by atoms with Crippen molar-refractivity contribution in [3.05, 3.63) is 59.7 Å². The van der Waals surface area contributed by atoms with Crippen molar-refractivity contribution < 1.29 is 9.66 Å². The van der Waals surface area contributed by atoms with E-state index in [1.54, 1.807) is 30.6 Å². The van der Waals surface area contributed by atoms with Gasteiger partial charge in [-0.05, 0) is 46.5 Å². The molecule has 3 unspecified atom stereocenters. The Morgan fingerprint density at radius 3 is 2.77 bits per heavy atom. The quantitative estimate of drug-likeness (QED) is 0.237. The summed E-state index contributed by atoms with van der Waals surface area (Å²) in [5.74, 6) is 6.32. The molecule has 1 aliphatic heterocycles. The number of hydrogen-bond donors (Lipinski definition) is 2. The van der Waals surface area contributed by atoms with Crippen molar-refractivity contribution in [1.29, 1.82) is 0 Å². The van der Waals surface area contributed by atoms with Gasteiger partial charge >= 0.3 is 0 Å². The molecule has 5 rings (SSSR count). The summed E-state index contributed by atoms with van der Waals surface area (Å²) in [6.45, 7) is 3.32. The van der Waals surface area contributed by atoms with Crippen molar-refractivity contribution in [1.82, 2.24) is 40.1 Å². The fourth-order valence-corrected chi connectivity index (χ4v) is 4.72. The van der Waals surface area contributed by atoms with Crippen LogP contribution >= 0.6 is 0 Å². The summed E-state index contributed by atoms with van der Waals surface area (Å²) in [5.41, 5.74) is 1.71. The molecule has 13 nitrogen and oxygen atoms in total. The van der Waals surface area contributed by atoms with Crippen molar-refractivity contribution in [2.45, 2.75) is 25.4 Å². The van der Waals surface area contributed by atoms with Gasteiger partial charge in [-0.3, -0.25) is 4.79 Å². The van der Waals surface area contributed by atoms with E-state index in [2.05, 4.69) is 42.3 Å². The van der Waals surface area contributed by atoms with Crippen LogP contribution in [0, 0.1) is 10.8 Å². The first-order chi connectivity index (χ1) is 16.9. The van der Waals surface area contributed by atoms with E-state index in [0.717, 1.165) is 23.3 Å². The van der Waals surface area contributed by atoms with Gasteiger partial charge in [0.25, 0.3) is 11.6 Å². The minimum absolute atomic E-state index is 0.0452. The van der Waals surface area contributed by atoms with Crippen LogP contribution in [0.3, 0.4) is 0 Å². The Hall–Kier alpha value is -4.42. The number of H-pyrrole nitrogens is 1. The van der Waals surface area contributed by atoms with Crippen LogP contribution in [0.2, 0.25) is 0 Å². The van der Waals surface area contributed by atoms with Crippen LogP contribution in [-0.2, 0) is 4.79 Å². The van der Waals surface area contributed by atoms with Crippen LogP contribution < -0.4 is 10.7 Å². The first kappa shape index (κ1) is 22.4. The van der Waals surface area contributed by atoms with E-state index in [9.17, 15) is 9.70 Å². The molecule has 3 atom stereocenters. The van der Waals surface area contributed by atoms with Gasteiger partial charge in [0, 0.05) is 38.5 Å². The van der Waals surface area contributed by atoms with E-state index in [1.165, 1.54) is 11.0 Å². The lowest BCUT2D eigenvalue weighted by molar-refractivity contribution is -0.474. The van der Waals surface area contributed by atoms with E-state index >= 15 is 0 Å². The average molecular weight is 477 g/mol. The second-order valence-corrected chi connectivity index (χ2v) is 8.78. The van der Waals surface area contributed by atoms with Crippen LogP contribution in [0.5, 0.6) is 0 Å². The molecule has 0 radical (unpaired) electrons. The van der Waals surface area contributed by atoms with Crippen molar-refractivity contribution in [3.8, 4) is 0 Å². The lowest BCUT2D eigenvalue weighted by Crippen LogP contribution is -2.54. The summed E-state index contributed by atoms with van der Waals surface area (Å²) < 4.78 is 1.43. The summed E-state index contributed by atoms with van der Waals surface area (Å²) in [6, 6.07) is 7.75. The molecule has 4 heterocycles. The number of nitrogens with two attached hydrogens (primary N) is 1. The Labute approximate surface area is 200 Å². The molecule has 3 N–H and O–H groups in total. The van der Waals surface area contributed by atoms with E-state index in [0.29, 0.717) is 24.6 Å². The van der Waals surface area contributed by atoms with Gasteiger partial charge in [-0.1, -0.05) is 6.92 Å². The van der Waals surface area contributed by atoms with E-state index in [4.69, 9.17) is 5.84 Å². The zero-order valence-corrected chi connectivity index (χ0v) is 19.4. The van der Waals surface area contributed by atoms with Crippen LogP contribution in [0.25, 0.3) is 11.0 Å². The number of carbonyl (C=O) groups excluding carboxylic acids is 1. The minimum atomic E-state index is -0.772. The van der Waals surface area contributed by atoms with Gasteiger partial charge in [0.2, 0.25) is 0 Å². The molecule has 1 saturated heterocycles. The molecular formula is C22H26N11O2+. The third kappa shape index (κ3) is 4.16. The van der Waals surface area contributed by atoms with Gasteiger partial charge in [-0.25, -0.2) is 14.6 Å². The van der Waals surface area contributed by atoms with Crippen molar-refractivity contribution in [2.24, 2.45) is 11.8 Å². The number of rotatable bonds is 6. The Bertz CT molecular complexity index is 1340. The maximum Gasteiger partial charge on any atom is 0.291 e. The number of amides is 1. The molecule has 1 fully saturated rings. The second-order valence-electron chi connectivity index (χ2n) is 8.78. The second kappa shape index (κ2) is 9.08. The number of aromatic amines is 1. The number of hydrogen-bond acceptors (Lipinski definition) is 8. The van der Waals surface area contributed by atoms with Crippen LogP contribution in [0.15, 0.2) is 49.2 Å². The topological polar surface area (TPSA) is 155 Å². The van der Waals surface area contributed by atoms with Crippen LogP contribution in [0.4, 0.5) is 11.5 Å². The minimum Gasteiger partial charge on any atom is -0.354 e. The third-order valence-electron chi connectivity index (χ3n) is 6.72. The highest BCUT2D eigenvalue weighted by Gasteiger charge is 2.36. The SMILES string of the molecule is CC1CCN(C(=O)C(c2ccc([N+](N)=O)cc2)n2cnnn2)CC1N(C)c1ncnc2[nH]ccc12. The van der Waals surface area contributed by atoms with E-state index < -0.39 is 6.04 Å². The number of fused-ring (bicyclic) bond motifs is 1. The molecule has 1 aliphatic rings. The fourth-order valence-electron chi connectivity index (χ4n) is 4.72. The van der Waals surface area contributed by atoms with Crippen LogP contribution in [-0.4, -0.2) is 77.0 Å². The predicted octanol–water partition coefficient (Wildman–Crippen LogP) is 1.19. The molecule has 3 aromatic heterocycles. The number of tetrazole rings is 1. The number of benzene rings is 1. The number of anilines is 1. The summed E-state index contributed by atoms with van der Waals surface area (Å²) in [5, 5.41) is 12.4. The molecule has 35 heavy (non-hydrogen) atoms. The van der Waals surface area contributed by atoms with Gasteiger partial charge in [0.05, 0.1) is 16.3 Å². The molecule has 0 bridgehead atoms. The van der Waals surface area contributed by atoms with Gasteiger partial charge < -0.3 is 14.8 Å². The normalized spacial score (nSPS) is 19.0. The van der Waals surface area contributed by atoms with Crippen molar-refractivity contribution in [2.75, 3.05) is 25.0 Å². The molecule has 0 saturated carbocycles.